The monoisotopic (exact) mass is 411 g/mol. The molecule has 2 aromatic rings. The predicted octanol–water partition coefficient (Wildman–Crippen LogP) is 3.82. The van der Waals surface area contributed by atoms with Crippen LogP contribution in [0.1, 0.15) is 42.5 Å². The van der Waals surface area contributed by atoms with E-state index in [-0.39, 0.29) is 24.4 Å². The van der Waals surface area contributed by atoms with Crippen molar-refractivity contribution in [3.8, 4) is 11.5 Å². The zero-order chi connectivity index (χ0) is 21.3. The van der Waals surface area contributed by atoms with Gasteiger partial charge in [0.2, 0.25) is 5.91 Å². The molecule has 0 aliphatic heterocycles. The van der Waals surface area contributed by atoms with Gasteiger partial charge >= 0.3 is 0 Å². The fourth-order valence-corrected chi connectivity index (χ4v) is 3.57. The van der Waals surface area contributed by atoms with Crippen LogP contribution >= 0.6 is 0 Å². The minimum absolute atomic E-state index is 0.0497. The summed E-state index contributed by atoms with van der Waals surface area (Å²) in [6, 6.07) is 12.6. The third-order valence-corrected chi connectivity index (χ3v) is 5.20. The molecule has 1 aliphatic rings. The van der Waals surface area contributed by atoms with Gasteiger partial charge in [0.05, 0.1) is 26.5 Å². The van der Waals surface area contributed by atoms with Crippen LogP contribution in [0.4, 0.5) is 11.4 Å². The Morgan fingerprint density at radius 3 is 2.53 bits per heavy atom. The molecule has 0 atom stereocenters. The average Bonchev–Trinajstić information content (AvgIpc) is 2.78. The number of methoxy groups -OCH3 is 2. The van der Waals surface area contributed by atoms with Gasteiger partial charge in [-0.3, -0.25) is 9.59 Å². The Hall–Kier alpha value is -3.22. The van der Waals surface area contributed by atoms with Crippen LogP contribution in [0, 0.1) is 0 Å². The first-order valence-electron chi connectivity index (χ1n) is 10.3. The SMILES string of the molecule is COc1ccc(OC)c(NC(=O)CNc2cccc(C(=O)NC3CCCCC3)c2)c1. The standard InChI is InChI=1S/C23H29N3O4/c1-29-19-11-12-21(30-2)20(14-19)26-22(27)15-24-18-10-6-7-16(13-18)23(28)25-17-8-4-3-5-9-17/h6-7,10-14,17,24H,3-5,8-9,15H2,1-2H3,(H,25,28)(H,26,27). The minimum Gasteiger partial charge on any atom is -0.497 e. The van der Waals surface area contributed by atoms with Crippen molar-refractivity contribution >= 4 is 23.2 Å². The number of hydrogen-bond acceptors (Lipinski definition) is 5. The van der Waals surface area contributed by atoms with Crippen molar-refractivity contribution in [3.63, 3.8) is 0 Å². The van der Waals surface area contributed by atoms with Crippen molar-refractivity contribution in [1.29, 1.82) is 0 Å². The third-order valence-electron chi connectivity index (χ3n) is 5.20. The number of ether oxygens (including phenoxy) is 2. The summed E-state index contributed by atoms with van der Waals surface area (Å²) in [4.78, 5) is 24.9. The van der Waals surface area contributed by atoms with E-state index in [4.69, 9.17) is 9.47 Å². The summed E-state index contributed by atoms with van der Waals surface area (Å²) in [6.45, 7) is 0.0497. The van der Waals surface area contributed by atoms with Gasteiger partial charge in [-0.15, -0.1) is 0 Å². The number of rotatable bonds is 8. The number of nitrogens with one attached hydrogen (secondary N) is 3. The van der Waals surface area contributed by atoms with Gasteiger partial charge in [-0.25, -0.2) is 0 Å². The predicted molar refractivity (Wildman–Crippen MR) is 117 cm³/mol. The maximum absolute atomic E-state index is 12.5. The third kappa shape index (κ3) is 5.89. The number of hydrogen-bond donors (Lipinski definition) is 3. The highest BCUT2D eigenvalue weighted by atomic mass is 16.5. The quantitative estimate of drug-likeness (QED) is 0.615. The molecule has 7 nitrogen and oxygen atoms in total. The molecule has 1 aliphatic carbocycles. The lowest BCUT2D eigenvalue weighted by Crippen LogP contribution is -2.36. The second kappa shape index (κ2) is 10.5. The summed E-state index contributed by atoms with van der Waals surface area (Å²) in [7, 11) is 3.10. The summed E-state index contributed by atoms with van der Waals surface area (Å²) in [5, 5.41) is 8.99. The Labute approximate surface area is 177 Å². The van der Waals surface area contributed by atoms with Gasteiger partial charge in [0.25, 0.3) is 5.91 Å². The highest BCUT2D eigenvalue weighted by molar-refractivity contribution is 5.97. The number of amides is 2. The molecule has 160 valence electrons. The van der Waals surface area contributed by atoms with Crippen LogP contribution in [0.3, 0.4) is 0 Å². The second-order valence-electron chi connectivity index (χ2n) is 7.36. The van der Waals surface area contributed by atoms with Crippen LogP contribution in [0.15, 0.2) is 42.5 Å². The van der Waals surface area contributed by atoms with Crippen molar-refractivity contribution < 1.29 is 19.1 Å². The van der Waals surface area contributed by atoms with Gasteiger partial charge in [0.1, 0.15) is 11.5 Å². The molecule has 0 spiro atoms. The van der Waals surface area contributed by atoms with E-state index in [0.717, 1.165) is 12.8 Å². The maximum atomic E-state index is 12.5. The van der Waals surface area contributed by atoms with Crippen molar-refractivity contribution in [2.45, 2.75) is 38.1 Å². The van der Waals surface area contributed by atoms with E-state index in [9.17, 15) is 9.59 Å². The number of anilines is 2. The Balaban J connectivity index is 1.56. The van der Waals surface area contributed by atoms with E-state index in [1.807, 2.05) is 6.07 Å². The van der Waals surface area contributed by atoms with Gasteiger partial charge in [-0.05, 0) is 43.2 Å². The summed E-state index contributed by atoms with van der Waals surface area (Å²) in [6.07, 6.45) is 5.66. The lowest BCUT2D eigenvalue weighted by Gasteiger charge is -2.22. The molecular formula is C23H29N3O4. The molecule has 1 saturated carbocycles. The molecule has 0 saturated heterocycles. The first kappa shape index (κ1) is 21.5. The first-order chi connectivity index (χ1) is 14.6. The Kier molecular flexibility index (Phi) is 7.54. The van der Waals surface area contributed by atoms with E-state index in [0.29, 0.717) is 28.4 Å². The Bertz CT molecular complexity index is 879. The van der Waals surface area contributed by atoms with Crippen molar-refractivity contribution in [1.82, 2.24) is 5.32 Å². The number of carbonyl (C=O) groups is 2. The molecule has 2 aromatic carbocycles. The molecule has 1 fully saturated rings. The van der Waals surface area contributed by atoms with Crippen LogP contribution < -0.4 is 25.4 Å². The number of carbonyl (C=O) groups excluding carboxylic acids is 2. The lowest BCUT2D eigenvalue weighted by molar-refractivity contribution is -0.114. The maximum Gasteiger partial charge on any atom is 0.251 e. The van der Waals surface area contributed by atoms with Crippen molar-refractivity contribution in [3.05, 3.63) is 48.0 Å². The molecule has 30 heavy (non-hydrogen) atoms. The molecule has 3 rings (SSSR count). The Morgan fingerprint density at radius 2 is 1.80 bits per heavy atom. The van der Waals surface area contributed by atoms with E-state index in [1.54, 1.807) is 50.6 Å². The molecule has 0 radical (unpaired) electrons. The van der Waals surface area contributed by atoms with Crippen LogP contribution in [0.5, 0.6) is 11.5 Å². The number of benzene rings is 2. The smallest absolute Gasteiger partial charge is 0.251 e. The second-order valence-corrected chi connectivity index (χ2v) is 7.36. The Morgan fingerprint density at radius 1 is 1.00 bits per heavy atom. The summed E-state index contributed by atoms with van der Waals surface area (Å²) >= 11 is 0. The molecule has 3 N–H and O–H groups in total. The molecule has 2 amide bonds. The van der Waals surface area contributed by atoms with Crippen molar-refractivity contribution in [2.24, 2.45) is 0 Å². The summed E-state index contributed by atoms with van der Waals surface area (Å²) < 4.78 is 10.5. The van der Waals surface area contributed by atoms with Crippen molar-refractivity contribution in [2.75, 3.05) is 31.4 Å². The van der Waals surface area contributed by atoms with E-state index in [2.05, 4.69) is 16.0 Å². The van der Waals surface area contributed by atoms with Gasteiger partial charge in [0.15, 0.2) is 0 Å². The van der Waals surface area contributed by atoms with Gasteiger partial charge in [-0.2, -0.15) is 0 Å². The molecule has 0 heterocycles. The zero-order valence-corrected chi connectivity index (χ0v) is 17.5. The van der Waals surface area contributed by atoms with E-state index >= 15 is 0 Å². The molecule has 0 aromatic heterocycles. The highest BCUT2D eigenvalue weighted by Gasteiger charge is 2.17. The van der Waals surface area contributed by atoms with Gasteiger partial charge in [-0.1, -0.05) is 25.3 Å². The van der Waals surface area contributed by atoms with Gasteiger partial charge in [0, 0.05) is 23.4 Å². The van der Waals surface area contributed by atoms with E-state index in [1.165, 1.54) is 19.3 Å². The molecule has 7 heteroatoms. The van der Waals surface area contributed by atoms with Gasteiger partial charge < -0.3 is 25.4 Å². The fraction of sp³-hybridized carbons (Fsp3) is 0.391. The lowest BCUT2D eigenvalue weighted by atomic mass is 9.95. The molecule has 0 unspecified atom stereocenters. The minimum atomic E-state index is -0.237. The first-order valence-corrected chi connectivity index (χ1v) is 10.3. The average molecular weight is 412 g/mol. The molecule has 0 bridgehead atoms. The van der Waals surface area contributed by atoms with Crippen LogP contribution in [0.2, 0.25) is 0 Å². The van der Waals surface area contributed by atoms with Crippen LogP contribution in [-0.2, 0) is 4.79 Å². The normalized spacial score (nSPS) is 13.9. The fourth-order valence-electron chi connectivity index (χ4n) is 3.57. The zero-order valence-electron chi connectivity index (χ0n) is 17.5. The van der Waals surface area contributed by atoms with Crippen LogP contribution in [-0.4, -0.2) is 38.6 Å². The highest BCUT2D eigenvalue weighted by Crippen LogP contribution is 2.28. The van der Waals surface area contributed by atoms with Crippen LogP contribution in [0.25, 0.3) is 0 Å². The van der Waals surface area contributed by atoms with E-state index < -0.39 is 0 Å². The molecular weight excluding hydrogens is 382 g/mol. The summed E-state index contributed by atoms with van der Waals surface area (Å²) in [5.74, 6) is 0.857. The largest absolute Gasteiger partial charge is 0.497 e. The summed E-state index contributed by atoms with van der Waals surface area (Å²) in [5.41, 5.74) is 1.82. The topological polar surface area (TPSA) is 88.7 Å².